The molecule has 2 N–H and O–H groups in total. The monoisotopic (exact) mass is 567 g/mol. The van der Waals surface area contributed by atoms with Gasteiger partial charge in [0.1, 0.15) is 17.5 Å². The maximum absolute atomic E-state index is 14.0. The molecular formula is C22H13BrF3N3O3S2. The van der Waals surface area contributed by atoms with E-state index in [1.54, 1.807) is 5.38 Å². The molecule has 12 heteroatoms. The van der Waals surface area contributed by atoms with Crippen LogP contribution in [-0.4, -0.2) is 19.3 Å². The molecule has 4 rings (SSSR count). The maximum atomic E-state index is 14.0. The largest absolute Gasteiger partial charge is 0.298 e. The van der Waals surface area contributed by atoms with E-state index in [4.69, 9.17) is 0 Å². The number of hydrogen-bond acceptors (Lipinski definition) is 5. The van der Waals surface area contributed by atoms with Crippen LogP contribution in [0.15, 0.2) is 75.4 Å². The number of carbonyl (C=O) groups excluding carboxylic acids is 1. The molecule has 0 aliphatic heterocycles. The molecule has 0 bridgehead atoms. The molecular weight excluding hydrogens is 555 g/mol. The molecule has 6 nitrogen and oxygen atoms in total. The Bertz CT molecular complexity index is 1470. The summed E-state index contributed by atoms with van der Waals surface area (Å²) in [6.07, 6.45) is 0. The number of hydrogen-bond donors (Lipinski definition) is 2. The molecule has 0 unspecified atom stereocenters. The summed E-state index contributed by atoms with van der Waals surface area (Å²) in [5, 5.41) is 4.45. The van der Waals surface area contributed by atoms with Gasteiger partial charge >= 0.3 is 0 Å². The zero-order valence-corrected chi connectivity index (χ0v) is 20.1. The van der Waals surface area contributed by atoms with Crippen LogP contribution in [0.25, 0.3) is 11.3 Å². The summed E-state index contributed by atoms with van der Waals surface area (Å²) >= 11 is 4.47. The molecule has 34 heavy (non-hydrogen) atoms. The average Bonchev–Trinajstić information content (AvgIpc) is 3.22. The van der Waals surface area contributed by atoms with Crippen LogP contribution < -0.4 is 10.0 Å². The average molecular weight is 568 g/mol. The van der Waals surface area contributed by atoms with Crippen LogP contribution >= 0.6 is 27.3 Å². The van der Waals surface area contributed by atoms with E-state index in [1.807, 2.05) is 29.0 Å². The van der Waals surface area contributed by atoms with Gasteiger partial charge in [0.05, 0.1) is 16.9 Å². The van der Waals surface area contributed by atoms with Crippen molar-refractivity contribution in [2.24, 2.45) is 0 Å². The van der Waals surface area contributed by atoms with Gasteiger partial charge in [0, 0.05) is 15.4 Å². The molecule has 0 fully saturated rings. The van der Waals surface area contributed by atoms with Gasteiger partial charge in [0.15, 0.2) is 10.0 Å². The third-order valence-electron chi connectivity index (χ3n) is 4.52. The predicted molar refractivity (Wildman–Crippen MR) is 127 cm³/mol. The van der Waals surface area contributed by atoms with Crippen molar-refractivity contribution in [3.63, 3.8) is 0 Å². The first-order valence-corrected chi connectivity index (χ1v) is 12.6. The first kappa shape index (κ1) is 23.9. The standard InChI is InChI=1S/C22H13BrF3N3O3S2/c23-13-6-4-12(5-7-13)19-11-33-22(27-19)28-21(30)15-9-8-14(24)10-18(15)29-34(31,32)20-16(25)2-1-3-17(20)26/h1-11,29H,(H,27,28,30). The van der Waals surface area contributed by atoms with Gasteiger partial charge in [0.25, 0.3) is 15.9 Å². The fourth-order valence-electron chi connectivity index (χ4n) is 2.98. The van der Waals surface area contributed by atoms with Crippen LogP contribution in [0.3, 0.4) is 0 Å². The SMILES string of the molecule is O=C(Nc1nc(-c2ccc(Br)cc2)cs1)c1ccc(F)cc1NS(=O)(=O)c1c(F)cccc1F. The van der Waals surface area contributed by atoms with Gasteiger partial charge in [-0.15, -0.1) is 11.3 Å². The lowest BCUT2D eigenvalue weighted by Gasteiger charge is -2.13. The number of amides is 1. The van der Waals surface area contributed by atoms with Crippen molar-refractivity contribution in [3.8, 4) is 11.3 Å². The van der Waals surface area contributed by atoms with Crippen molar-refractivity contribution in [3.05, 3.63) is 93.5 Å². The summed E-state index contributed by atoms with van der Waals surface area (Å²) in [6, 6.07) is 12.6. The third kappa shape index (κ3) is 5.13. The molecule has 0 saturated heterocycles. The Labute approximate surface area is 204 Å². The minimum atomic E-state index is -4.82. The number of thiazole rings is 1. The van der Waals surface area contributed by atoms with Gasteiger partial charge in [-0.25, -0.2) is 26.6 Å². The van der Waals surface area contributed by atoms with E-state index in [0.29, 0.717) is 5.69 Å². The van der Waals surface area contributed by atoms with Crippen LogP contribution in [0, 0.1) is 17.5 Å². The van der Waals surface area contributed by atoms with Gasteiger partial charge < -0.3 is 0 Å². The van der Waals surface area contributed by atoms with Gasteiger partial charge in [-0.05, 0) is 42.5 Å². The summed E-state index contributed by atoms with van der Waals surface area (Å²) < 4.78 is 69.9. The molecule has 0 saturated carbocycles. The molecule has 0 spiro atoms. The van der Waals surface area contributed by atoms with Crippen molar-refractivity contribution in [2.45, 2.75) is 4.90 Å². The Kier molecular flexibility index (Phi) is 6.73. The highest BCUT2D eigenvalue weighted by Gasteiger charge is 2.26. The van der Waals surface area contributed by atoms with E-state index in [1.165, 1.54) is 0 Å². The summed E-state index contributed by atoms with van der Waals surface area (Å²) in [4.78, 5) is 15.9. The summed E-state index contributed by atoms with van der Waals surface area (Å²) in [5.74, 6) is -4.34. The molecule has 3 aromatic carbocycles. The van der Waals surface area contributed by atoms with Crippen molar-refractivity contribution >= 4 is 54.0 Å². The van der Waals surface area contributed by atoms with E-state index in [9.17, 15) is 26.4 Å². The Morgan fingerprint density at radius 1 is 0.971 bits per heavy atom. The summed E-state index contributed by atoms with van der Waals surface area (Å²) in [7, 11) is -4.82. The highest BCUT2D eigenvalue weighted by atomic mass is 79.9. The highest BCUT2D eigenvalue weighted by molar-refractivity contribution is 9.10. The molecule has 1 amide bonds. The fourth-order valence-corrected chi connectivity index (χ4v) is 5.17. The van der Waals surface area contributed by atoms with Crippen LogP contribution in [0.2, 0.25) is 0 Å². The molecule has 0 aliphatic rings. The lowest BCUT2D eigenvalue weighted by Crippen LogP contribution is -2.20. The molecule has 4 aromatic rings. The second-order valence-electron chi connectivity index (χ2n) is 6.85. The van der Waals surface area contributed by atoms with Gasteiger partial charge in [-0.2, -0.15) is 0 Å². The van der Waals surface area contributed by atoms with Gasteiger partial charge in [-0.3, -0.25) is 14.8 Å². The van der Waals surface area contributed by atoms with Gasteiger partial charge in [-0.1, -0.05) is 34.1 Å². The quantitative estimate of drug-likeness (QED) is 0.297. The van der Waals surface area contributed by atoms with E-state index < -0.39 is 44.0 Å². The molecule has 0 radical (unpaired) electrons. The normalized spacial score (nSPS) is 11.3. The lowest BCUT2D eigenvalue weighted by atomic mass is 10.1. The highest BCUT2D eigenvalue weighted by Crippen LogP contribution is 2.28. The number of anilines is 2. The smallest absolute Gasteiger partial charge is 0.267 e. The summed E-state index contributed by atoms with van der Waals surface area (Å²) in [5.41, 5.74) is 0.636. The Balaban J connectivity index is 1.61. The number of aromatic nitrogens is 1. The first-order chi connectivity index (χ1) is 16.1. The second kappa shape index (κ2) is 9.57. The van der Waals surface area contributed by atoms with Crippen molar-refractivity contribution in [1.82, 2.24) is 4.98 Å². The lowest BCUT2D eigenvalue weighted by molar-refractivity contribution is 0.102. The first-order valence-electron chi connectivity index (χ1n) is 9.43. The Morgan fingerprint density at radius 3 is 2.32 bits per heavy atom. The number of nitrogens with zero attached hydrogens (tertiary/aromatic N) is 1. The Morgan fingerprint density at radius 2 is 1.65 bits per heavy atom. The molecule has 1 aromatic heterocycles. The predicted octanol–water partition coefficient (Wildman–Crippen LogP) is 6.04. The van der Waals surface area contributed by atoms with E-state index in [-0.39, 0.29) is 10.7 Å². The number of rotatable bonds is 6. The number of sulfonamides is 1. The number of benzene rings is 3. The van der Waals surface area contributed by atoms with E-state index in [0.717, 1.165) is 57.8 Å². The van der Waals surface area contributed by atoms with Crippen molar-refractivity contribution in [1.29, 1.82) is 0 Å². The second-order valence-corrected chi connectivity index (χ2v) is 10.2. The topological polar surface area (TPSA) is 88.2 Å². The van der Waals surface area contributed by atoms with Gasteiger partial charge in [0.2, 0.25) is 0 Å². The third-order valence-corrected chi connectivity index (χ3v) is 7.23. The van der Waals surface area contributed by atoms with Crippen LogP contribution in [0.1, 0.15) is 10.4 Å². The minimum absolute atomic E-state index is 0.209. The minimum Gasteiger partial charge on any atom is -0.298 e. The number of carbonyl (C=O) groups is 1. The summed E-state index contributed by atoms with van der Waals surface area (Å²) in [6.45, 7) is 0. The van der Waals surface area contributed by atoms with Crippen molar-refractivity contribution in [2.75, 3.05) is 10.0 Å². The van der Waals surface area contributed by atoms with Crippen LogP contribution in [0.5, 0.6) is 0 Å². The Hall–Kier alpha value is -3.22. The molecule has 0 aliphatic carbocycles. The zero-order chi connectivity index (χ0) is 24.5. The van der Waals surface area contributed by atoms with E-state index in [2.05, 4.69) is 26.2 Å². The molecule has 1 heterocycles. The van der Waals surface area contributed by atoms with Crippen LogP contribution in [-0.2, 0) is 10.0 Å². The van der Waals surface area contributed by atoms with Crippen molar-refractivity contribution < 1.29 is 26.4 Å². The maximum Gasteiger partial charge on any atom is 0.267 e. The zero-order valence-electron chi connectivity index (χ0n) is 16.9. The van der Waals surface area contributed by atoms with Crippen LogP contribution in [0.4, 0.5) is 24.0 Å². The molecule has 0 atom stereocenters. The fraction of sp³-hybridized carbons (Fsp3) is 0. The number of nitrogens with one attached hydrogen (secondary N) is 2. The molecule has 174 valence electrons. The number of halogens is 4. The van der Waals surface area contributed by atoms with E-state index >= 15 is 0 Å².